The number of carbonyl (C=O) groups excluding carboxylic acids is 1. The lowest BCUT2D eigenvalue weighted by molar-refractivity contribution is -0.142. The Kier molecular flexibility index (Phi) is 5.73. The fourth-order valence-electron chi connectivity index (χ4n) is 3.47. The van der Waals surface area contributed by atoms with Gasteiger partial charge in [0.05, 0.1) is 11.0 Å². The van der Waals surface area contributed by atoms with E-state index in [1.807, 2.05) is 32.9 Å². The van der Waals surface area contributed by atoms with Crippen molar-refractivity contribution in [2.24, 2.45) is 5.41 Å². The molecule has 3 rings (SSSR count). The van der Waals surface area contributed by atoms with Gasteiger partial charge in [0.25, 0.3) is 0 Å². The Balaban J connectivity index is 1.94. The van der Waals surface area contributed by atoms with Gasteiger partial charge in [-0.1, -0.05) is 45.0 Å². The van der Waals surface area contributed by atoms with Gasteiger partial charge in [0.15, 0.2) is 5.43 Å². The molecule has 1 aromatic heterocycles. The second-order valence-electron chi connectivity index (χ2n) is 8.51. The minimum Gasteiger partial charge on any atom is -0.480 e. The molecule has 0 aliphatic carbocycles. The molecule has 0 bridgehead atoms. The van der Waals surface area contributed by atoms with Crippen LogP contribution in [0.2, 0.25) is 0 Å². The molecule has 0 fully saturated rings. The van der Waals surface area contributed by atoms with Gasteiger partial charge >= 0.3 is 5.97 Å². The average molecular weight is 394 g/mol. The molecule has 1 amide bonds. The first-order valence-electron chi connectivity index (χ1n) is 9.70. The zero-order chi connectivity index (χ0) is 21.2. The minimum atomic E-state index is -1.04. The Morgan fingerprint density at radius 1 is 1.00 bits per heavy atom. The third-order valence-corrected chi connectivity index (χ3v) is 5.00. The predicted molar refractivity (Wildman–Crippen MR) is 114 cm³/mol. The van der Waals surface area contributed by atoms with Crippen molar-refractivity contribution in [3.05, 3.63) is 58.8 Å². The number of amides is 1. The Hall–Kier alpha value is -3.15. The lowest BCUT2D eigenvalue weighted by Gasteiger charge is -2.22. The van der Waals surface area contributed by atoms with Crippen molar-refractivity contribution in [1.29, 1.82) is 0 Å². The maximum atomic E-state index is 12.8. The van der Waals surface area contributed by atoms with E-state index in [-0.39, 0.29) is 17.4 Å². The molecule has 0 spiro atoms. The number of para-hydroxylation sites is 2. The van der Waals surface area contributed by atoms with E-state index in [4.69, 9.17) is 0 Å². The van der Waals surface area contributed by atoms with E-state index in [2.05, 4.69) is 5.32 Å². The van der Waals surface area contributed by atoms with Gasteiger partial charge in [-0.15, -0.1) is 0 Å². The van der Waals surface area contributed by atoms with Crippen LogP contribution in [0.5, 0.6) is 0 Å². The van der Waals surface area contributed by atoms with E-state index in [1.54, 1.807) is 41.0 Å². The molecular weight excluding hydrogens is 368 g/mol. The summed E-state index contributed by atoms with van der Waals surface area (Å²) in [7, 11) is 0. The van der Waals surface area contributed by atoms with Gasteiger partial charge in [-0.25, -0.2) is 4.79 Å². The Labute approximate surface area is 169 Å². The monoisotopic (exact) mass is 394 g/mol. The molecule has 1 unspecified atom stereocenters. The summed E-state index contributed by atoms with van der Waals surface area (Å²) in [4.78, 5) is 37.1. The number of hydrogen-bond donors (Lipinski definition) is 2. The number of pyridine rings is 1. The smallest absolute Gasteiger partial charge is 0.326 e. The first-order valence-corrected chi connectivity index (χ1v) is 9.70. The summed E-state index contributed by atoms with van der Waals surface area (Å²) in [5, 5.41) is 13.2. The Bertz CT molecular complexity index is 1070. The molecule has 0 aliphatic rings. The number of aromatic nitrogens is 1. The number of carbonyl (C=O) groups is 2. The number of carboxylic acid groups (broad SMARTS) is 1. The number of carboxylic acids is 1. The summed E-state index contributed by atoms with van der Waals surface area (Å²) in [5.74, 6) is -1.44. The van der Waals surface area contributed by atoms with Crippen LogP contribution < -0.4 is 10.7 Å². The molecular formula is C23H26N2O4. The maximum absolute atomic E-state index is 12.8. The van der Waals surface area contributed by atoms with Crippen LogP contribution >= 0.6 is 0 Å². The third-order valence-electron chi connectivity index (χ3n) is 5.00. The molecule has 2 aromatic carbocycles. The van der Waals surface area contributed by atoms with E-state index < -0.39 is 17.9 Å². The van der Waals surface area contributed by atoms with Crippen LogP contribution in [0.1, 0.15) is 33.6 Å². The van der Waals surface area contributed by atoms with Crippen molar-refractivity contribution in [2.75, 3.05) is 0 Å². The highest BCUT2D eigenvalue weighted by atomic mass is 16.4. The quantitative estimate of drug-likeness (QED) is 0.626. The zero-order valence-electron chi connectivity index (χ0n) is 16.9. The summed E-state index contributed by atoms with van der Waals surface area (Å²) in [6.45, 7) is 6.03. The van der Waals surface area contributed by atoms with E-state index >= 15 is 0 Å². The summed E-state index contributed by atoms with van der Waals surface area (Å²) in [6, 6.07) is 13.3. The fraction of sp³-hybridized carbons (Fsp3) is 0.348. The molecule has 29 heavy (non-hydrogen) atoms. The summed E-state index contributed by atoms with van der Waals surface area (Å²) < 4.78 is 1.77. The van der Waals surface area contributed by atoms with Crippen molar-refractivity contribution in [1.82, 2.24) is 9.88 Å². The van der Waals surface area contributed by atoms with Gasteiger partial charge in [-0.05, 0) is 42.5 Å². The number of nitrogens with zero attached hydrogens (tertiary/aromatic N) is 1. The molecule has 0 radical (unpaired) electrons. The number of benzene rings is 2. The van der Waals surface area contributed by atoms with Crippen LogP contribution in [0.25, 0.3) is 21.8 Å². The van der Waals surface area contributed by atoms with Gasteiger partial charge in [0.2, 0.25) is 5.91 Å². The highest BCUT2D eigenvalue weighted by Crippen LogP contribution is 2.22. The zero-order valence-corrected chi connectivity index (χ0v) is 16.9. The normalized spacial score (nSPS) is 12.8. The predicted octanol–water partition coefficient (Wildman–Crippen LogP) is 3.55. The highest BCUT2D eigenvalue weighted by Gasteiger charge is 2.23. The molecule has 2 N–H and O–H groups in total. The minimum absolute atomic E-state index is 0.0243. The second-order valence-corrected chi connectivity index (χ2v) is 8.51. The van der Waals surface area contributed by atoms with Crippen molar-refractivity contribution in [3.8, 4) is 0 Å². The van der Waals surface area contributed by atoms with Gasteiger partial charge in [0, 0.05) is 10.8 Å². The summed E-state index contributed by atoms with van der Waals surface area (Å²) >= 11 is 0. The van der Waals surface area contributed by atoms with Crippen LogP contribution in [0, 0.1) is 5.41 Å². The number of nitrogens with one attached hydrogen (secondary N) is 1. The Morgan fingerprint density at radius 3 is 2.00 bits per heavy atom. The number of rotatable bonds is 6. The van der Waals surface area contributed by atoms with Crippen molar-refractivity contribution >= 4 is 33.7 Å². The molecule has 1 atom stereocenters. The van der Waals surface area contributed by atoms with Gasteiger partial charge in [-0.2, -0.15) is 0 Å². The largest absolute Gasteiger partial charge is 0.480 e. The van der Waals surface area contributed by atoms with E-state index in [0.29, 0.717) is 34.6 Å². The lowest BCUT2D eigenvalue weighted by Crippen LogP contribution is -2.42. The van der Waals surface area contributed by atoms with Crippen LogP contribution in [-0.2, 0) is 16.1 Å². The van der Waals surface area contributed by atoms with E-state index in [9.17, 15) is 19.5 Å². The van der Waals surface area contributed by atoms with Gasteiger partial charge < -0.3 is 15.0 Å². The molecule has 0 saturated heterocycles. The molecule has 0 aliphatic heterocycles. The molecule has 0 saturated carbocycles. The van der Waals surface area contributed by atoms with Gasteiger partial charge in [0.1, 0.15) is 12.6 Å². The average Bonchev–Trinajstić information content (AvgIpc) is 2.67. The first kappa shape index (κ1) is 20.6. The molecule has 152 valence electrons. The maximum Gasteiger partial charge on any atom is 0.326 e. The van der Waals surface area contributed by atoms with Crippen LogP contribution in [0.3, 0.4) is 0 Å². The number of fused-ring (bicyclic) bond motifs is 2. The fourth-order valence-corrected chi connectivity index (χ4v) is 3.47. The van der Waals surface area contributed by atoms with Crippen LogP contribution in [0.15, 0.2) is 53.3 Å². The third kappa shape index (κ3) is 4.65. The van der Waals surface area contributed by atoms with Crippen molar-refractivity contribution in [3.63, 3.8) is 0 Å². The topological polar surface area (TPSA) is 88.4 Å². The standard InChI is InChI=1S/C23H26N2O4/c1-23(2,3)13-12-17(22(28)29)24-20(26)14-25-18-10-6-4-8-15(18)21(27)16-9-5-7-11-19(16)25/h4-11,17H,12-14H2,1-3H3,(H,24,26)(H,28,29). The summed E-state index contributed by atoms with van der Waals surface area (Å²) in [6.07, 6.45) is 1.03. The van der Waals surface area contributed by atoms with Gasteiger partial charge in [-0.3, -0.25) is 9.59 Å². The highest BCUT2D eigenvalue weighted by molar-refractivity contribution is 5.95. The molecule has 6 heteroatoms. The Morgan fingerprint density at radius 2 is 1.52 bits per heavy atom. The van der Waals surface area contributed by atoms with Crippen molar-refractivity contribution in [2.45, 2.75) is 46.2 Å². The van der Waals surface area contributed by atoms with E-state index in [1.165, 1.54) is 0 Å². The van der Waals surface area contributed by atoms with Crippen LogP contribution in [-0.4, -0.2) is 27.6 Å². The molecule has 3 aromatic rings. The SMILES string of the molecule is CC(C)(C)CCC(NC(=O)Cn1c2ccccc2c(=O)c2ccccc21)C(=O)O. The van der Waals surface area contributed by atoms with Crippen molar-refractivity contribution < 1.29 is 14.7 Å². The lowest BCUT2D eigenvalue weighted by atomic mass is 9.88. The number of hydrogen-bond acceptors (Lipinski definition) is 3. The molecule has 1 heterocycles. The number of aliphatic carboxylic acids is 1. The van der Waals surface area contributed by atoms with Crippen LogP contribution in [0.4, 0.5) is 0 Å². The second kappa shape index (κ2) is 8.07. The first-order chi connectivity index (χ1) is 13.7. The van der Waals surface area contributed by atoms with E-state index in [0.717, 1.165) is 0 Å². The summed E-state index contributed by atoms with van der Waals surface area (Å²) in [5.41, 5.74) is 1.19. The molecule has 6 nitrogen and oxygen atoms in total.